The van der Waals surface area contributed by atoms with Crippen LogP contribution in [0.2, 0.25) is 0 Å². The number of rotatable bonds is 7. The second-order valence-electron chi connectivity index (χ2n) is 6.86. The number of methoxy groups -OCH3 is 1. The maximum atomic E-state index is 12.2. The van der Waals surface area contributed by atoms with Crippen LogP contribution in [0, 0.1) is 5.92 Å². The van der Waals surface area contributed by atoms with E-state index in [2.05, 4.69) is 26.4 Å². The summed E-state index contributed by atoms with van der Waals surface area (Å²) in [6.45, 7) is 0.609. The predicted octanol–water partition coefficient (Wildman–Crippen LogP) is 4.36. The number of nitrogens with one attached hydrogen (secondary N) is 1. The van der Waals surface area contributed by atoms with Gasteiger partial charge in [0.1, 0.15) is 0 Å². The van der Waals surface area contributed by atoms with Crippen LogP contribution < -0.4 is 5.32 Å². The van der Waals surface area contributed by atoms with Gasteiger partial charge in [0, 0.05) is 35.1 Å². The highest BCUT2D eigenvalue weighted by atomic mass is 79.9. The molecule has 1 aliphatic rings. The van der Waals surface area contributed by atoms with E-state index >= 15 is 0 Å². The first-order valence-electron chi connectivity index (χ1n) is 9.18. The molecule has 0 bridgehead atoms. The molecule has 0 amide bonds. The van der Waals surface area contributed by atoms with Gasteiger partial charge in [-0.25, -0.2) is 0 Å². The fraction of sp³-hybridized carbons (Fsp3) is 0.500. The lowest BCUT2D eigenvalue weighted by molar-refractivity contribution is -0.145. The van der Waals surface area contributed by atoms with Gasteiger partial charge < -0.3 is 14.6 Å². The molecule has 5 nitrogen and oxygen atoms in total. The summed E-state index contributed by atoms with van der Waals surface area (Å²) in [6.07, 6.45) is 6.72. The summed E-state index contributed by atoms with van der Waals surface area (Å²) in [7, 11) is 1.44. The molecule has 1 saturated carbocycles. The molecule has 0 saturated heterocycles. The highest BCUT2D eigenvalue weighted by molar-refractivity contribution is 9.10. The predicted molar refractivity (Wildman–Crippen MR) is 104 cm³/mol. The molecule has 1 fully saturated rings. The van der Waals surface area contributed by atoms with Crippen LogP contribution >= 0.6 is 15.9 Å². The average Bonchev–Trinajstić information content (AvgIpc) is 3.14. The molecule has 1 unspecified atom stereocenters. The Kier molecular flexibility index (Phi) is 6.86. The molecule has 0 aliphatic heterocycles. The Hall–Kier alpha value is -1.66. The van der Waals surface area contributed by atoms with Gasteiger partial charge in [0.2, 0.25) is 0 Å². The van der Waals surface area contributed by atoms with Crippen LogP contribution in [0.5, 0.6) is 0 Å². The molecule has 1 N–H and O–H groups in total. The van der Waals surface area contributed by atoms with Crippen LogP contribution in [0.25, 0.3) is 11.3 Å². The molecule has 1 heterocycles. The Morgan fingerprint density at radius 3 is 2.73 bits per heavy atom. The van der Waals surface area contributed by atoms with Crippen molar-refractivity contribution in [2.24, 2.45) is 5.92 Å². The first kappa shape index (κ1) is 19.1. The summed E-state index contributed by atoms with van der Waals surface area (Å²) < 4.78 is 11.5. The average molecular weight is 421 g/mol. The number of nitrogens with zero attached hydrogens (tertiary/aromatic N) is 1. The zero-order valence-electron chi connectivity index (χ0n) is 15.0. The highest BCUT2D eigenvalue weighted by Crippen LogP contribution is 2.24. The first-order valence-corrected chi connectivity index (χ1v) is 9.97. The third-order valence-corrected chi connectivity index (χ3v) is 5.46. The standard InChI is InChI=1S/C20H25BrN2O3/c1-25-20(24)15(13-22-17-5-3-2-4-6-17)11-18-12-19(26-23-18)14-7-9-16(21)10-8-14/h7-10,12,15,17,22H,2-6,11,13H2,1H3. The van der Waals surface area contributed by atoms with Crippen molar-refractivity contribution in [3.8, 4) is 11.3 Å². The number of benzene rings is 1. The molecule has 1 aromatic heterocycles. The molecular formula is C20H25BrN2O3. The third-order valence-electron chi connectivity index (χ3n) is 4.94. The number of carbonyl (C=O) groups excluding carboxylic acids is 1. The Labute approximate surface area is 162 Å². The van der Waals surface area contributed by atoms with E-state index in [0.717, 1.165) is 15.7 Å². The zero-order valence-corrected chi connectivity index (χ0v) is 16.6. The van der Waals surface area contributed by atoms with Crippen LogP contribution in [0.3, 0.4) is 0 Å². The van der Waals surface area contributed by atoms with E-state index in [9.17, 15) is 4.79 Å². The van der Waals surface area contributed by atoms with Gasteiger partial charge in [-0.15, -0.1) is 0 Å². The summed E-state index contributed by atoms with van der Waals surface area (Å²) in [6, 6.07) is 10.3. The molecule has 1 atom stereocenters. The van der Waals surface area contributed by atoms with Gasteiger partial charge in [-0.3, -0.25) is 4.79 Å². The van der Waals surface area contributed by atoms with Crippen LogP contribution in [0.4, 0.5) is 0 Å². The molecule has 1 aliphatic carbocycles. The topological polar surface area (TPSA) is 64.4 Å². The molecular weight excluding hydrogens is 396 g/mol. The van der Waals surface area contributed by atoms with Crippen LogP contribution in [-0.2, 0) is 16.0 Å². The SMILES string of the molecule is COC(=O)C(CNC1CCCCC1)Cc1cc(-c2ccc(Br)cc2)on1. The normalized spacial score (nSPS) is 16.4. The van der Waals surface area contributed by atoms with E-state index in [1.165, 1.54) is 39.2 Å². The van der Waals surface area contributed by atoms with Crippen LogP contribution in [0.15, 0.2) is 39.3 Å². The second-order valence-corrected chi connectivity index (χ2v) is 7.77. The Balaban J connectivity index is 1.62. The lowest BCUT2D eigenvalue weighted by Gasteiger charge is -2.24. The van der Waals surface area contributed by atoms with E-state index in [1.54, 1.807) is 0 Å². The third kappa shape index (κ3) is 5.17. The smallest absolute Gasteiger partial charge is 0.310 e. The lowest BCUT2D eigenvalue weighted by atomic mass is 9.94. The van der Waals surface area contributed by atoms with E-state index in [1.807, 2.05) is 30.3 Å². The summed E-state index contributed by atoms with van der Waals surface area (Å²) in [4.78, 5) is 12.2. The van der Waals surface area contributed by atoms with Crippen LogP contribution in [0.1, 0.15) is 37.8 Å². The summed E-state index contributed by atoms with van der Waals surface area (Å²) in [5, 5.41) is 7.68. The monoisotopic (exact) mass is 420 g/mol. The van der Waals surface area contributed by atoms with Gasteiger partial charge in [0.25, 0.3) is 0 Å². The van der Waals surface area contributed by atoms with Gasteiger partial charge in [-0.05, 0) is 25.0 Å². The van der Waals surface area contributed by atoms with Crippen molar-refractivity contribution in [1.82, 2.24) is 10.5 Å². The minimum absolute atomic E-state index is 0.207. The summed E-state index contributed by atoms with van der Waals surface area (Å²) in [5.41, 5.74) is 1.73. The minimum Gasteiger partial charge on any atom is -0.469 e. The van der Waals surface area contributed by atoms with Gasteiger partial charge in [0.05, 0.1) is 18.7 Å². The van der Waals surface area contributed by atoms with Crippen molar-refractivity contribution in [3.05, 3.63) is 40.5 Å². The number of carbonyl (C=O) groups is 1. The second kappa shape index (κ2) is 9.33. The number of hydrogen-bond acceptors (Lipinski definition) is 5. The molecule has 2 aromatic rings. The van der Waals surface area contributed by atoms with E-state index in [-0.39, 0.29) is 11.9 Å². The Bertz CT molecular complexity index is 708. The number of halogens is 1. The molecule has 0 spiro atoms. The molecule has 140 valence electrons. The van der Waals surface area contributed by atoms with E-state index in [0.29, 0.717) is 24.8 Å². The Morgan fingerprint density at radius 1 is 1.31 bits per heavy atom. The van der Waals surface area contributed by atoms with Crippen molar-refractivity contribution in [2.75, 3.05) is 13.7 Å². The molecule has 3 rings (SSSR count). The van der Waals surface area contributed by atoms with Crippen LogP contribution in [-0.4, -0.2) is 30.8 Å². The largest absolute Gasteiger partial charge is 0.469 e. The first-order chi connectivity index (χ1) is 12.7. The number of esters is 1. The molecule has 1 aromatic carbocycles. The van der Waals surface area contributed by atoms with E-state index < -0.39 is 0 Å². The highest BCUT2D eigenvalue weighted by Gasteiger charge is 2.23. The van der Waals surface area contributed by atoms with Crippen molar-refractivity contribution in [3.63, 3.8) is 0 Å². The van der Waals surface area contributed by atoms with Crippen molar-refractivity contribution in [2.45, 2.75) is 44.6 Å². The van der Waals surface area contributed by atoms with Gasteiger partial charge in [-0.2, -0.15) is 0 Å². The van der Waals surface area contributed by atoms with Crippen molar-refractivity contribution < 1.29 is 14.1 Å². The number of aromatic nitrogens is 1. The fourth-order valence-corrected chi connectivity index (χ4v) is 3.70. The van der Waals surface area contributed by atoms with Crippen molar-refractivity contribution in [1.29, 1.82) is 0 Å². The number of hydrogen-bond donors (Lipinski definition) is 1. The quantitative estimate of drug-likeness (QED) is 0.674. The maximum absolute atomic E-state index is 12.2. The lowest BCUT2D eigenvalue weighted by Crippen LogP contribution is -2.38. The summed E-state index contributed by atoms with van der Waals surface area (Å²) in [5.74, 6) is 0.239. The van der Waals surface area contributed by atoms with Gasteiger partial charge in [-0.1, -0.05) is 52.5 Å². The van der Waals surface area contributed by atoms with Gasteiger partial charge >= 0.3 is 5.97 Å². The van der Waals surface area contributed by atoms with Gasteiger partial charge in [0.15, 0.2) is 5.76 Å². The maximum Gasteiger partial charge on any atom is 0.310 e. The number of ether oxygens (including phenoxy) is 1. The van der Waals surface area contributed by atoms with Crippen molar-refractivity contribution >= 4 is 21.9 Å². The minimum atomic E-state index is -0.259. The molecule has 26 heavy (non-hydrogen) atoms. The summed E-state index contributed by atoms with van der Waals surface area (Å²) >= 11 is 3.43. The molecule has 6 heteroatoms. The Morgan fingerprint density at radius 2 is 2.04 bits per heavy atom. The fourth-order valence-electron chi connectivity index (χ4n) is 3.43. The molecule has 0 radical (unpaired) electrons. The zero-order chi connectivity index (χ0) is 18.4. The van der Waals surface area contributed by atoms with E-state index in [4.69, 9.17) is 9.26 Å².